The second kappa shape index (κ2) is 5.40. The maximum Gasteiger partial charge on any atom is 0.253 e. The third kappa shape index (κ3) is 2.82. The number of carbonyl (C=O) groups excluding carboxylic acids is 1. The quantitative estimate of drug-likeness (QED) is 0.635. The highest BCUT2D eigenvalue weighted by Gasteiger charge is 2.25. The van der Waals surface area contributed by atoms with Crippen molar-refractivity contribution in [2.24, 2.45) is 11.7 Å². The minimum Gasteiger partial charge on any atom is -0.387 e. The van der Waals surface area contributed by atoms with Crippen LogP contribution in [0.3, 0.4) is 0 Å². The predicted octanol–water partition coefficient (Wildman–Crippen LogP) is 2.13. The molecule has 0 radical (unpaired) electrons. The molecule has 0 unspecified atom stereocenters. The number of piperidine rings is 1. The molecule has 1 atom stereocenters. The molecule has 1 heterocycles. The number of hydrogen-bond donors (Lipinski definition) is 2. The van der Waals surface area contributed by atoms with Crippen LogP contribution in [0.25, 0.3) is 0 Å². The molecule has 0 aromatic heterocycles. The van der Waals surface area contributed by atoms with Crippen LogP contribution in [-0.4, -0.2) is 29.7 Å². The standard InChI is InChI=1S/C13H16ClN3O/c14-11-5-3-9(4-6-11)13(18)17-7-1-2-10(8-17)12(15)16/h3-6,10H,1-2,7-8H2,(H3,15,16)/t10-/m0/s1. The normalized spacial score (nSPS) is 19.6. The van der Waals surface area contributed by atoms with Crippen LogP contribution in [0.1, 0.15) is 23.2 Å². The van der Waals surface area contributed by atoms with Gasteiger partial charge in [-0.15, -0.1) is 0 Å². The van der Waals surface area contributed by atoms with Crippen LogP contribution in [-0.2, 0) is 0 Å². The van der Waals surface area contributed by atoms with Gasteiger partial charge in [0.25, 0.3) is 5.91 Å². The summed E-state index contributed by atoms with van der Waals surface area (Å²) in [5.41, 5.74) is 6.14. The molecule has 1 fully saturated rings. The van der Waals surface area contributed by atoms with E-state index in [-0.39, 0.29) is 17.7 Å². The SMILES string of the molecule is N=C(N)[C@H]1CCCN(C(=O)c2ccc(Cl)cc2)C1. The van der Waals surface area contributed by atoms with Crippen molar-refractivity contribution in [3.05, 3.63) is 34.9 Å². The van der Waals surface area contributed by atoms with E-state index in [1.165, 1.54) is 0 Å². The first-order valence-electron chi connectivity index (χ1n) is 5.96. The summed E-state index contributed by atoms with van der Waals surface area (Å²) in [4.78, 5) is 14.0. The van der Waals surface area contributed by atoms with Crippen molar-refractivity contribution in [3.8, 4) is 0 Å². The smallest absolute Gasteiger partial charge is 0.253 e. The Kier molecular flexibility index (Phi) is 3.87. The van der Waals surface area contributed by atoms with Gasteiger partial charge in [0.15, 0.2) is 0 Å². The van der Waals surface area contributed by atoms with Gasteiger partial charge in [-0.05, 0) is 37.1 Å². The third-order valence-corrected chi connectivity index (χ3v) is 3.49. The molecule has 18 heavy (non-hydrogen) atoms. The fourth-order valence-electron chi connectivity index (χ4n) is 2.19. The zero-order chi connectivity index (χ0) is 13.1. The molecule has 1 saturated heterocycles. The highest BCUT2D eigenvalue weighted by Crippen LogP contribution is 2.19. The number of hydrogen-bond acceptors (Lipinski definition) is 2. The maximum atomic E-state index is 12.3. The van der Waals surface area contributed by atoms with Gasteiger partial charge in [0, 0.05) is 29.6 Å². The third-order valence-electron chi connectivity index (χ3n) is 3.24. The molecule has 3 N–H and O–H groups in total. The van der Waals surface area contributed by atoms with Crippen molar-refractivity contribution in [3.63, 3.8) is 0 Å². The zero-order valence-corrected chi connectivity index (χ0v) is 10.8. The Hall–Kier alpha value is -1.55. The van der Waals surface area contributed by atoms with Gasteiger partial charge in [0.05, 0.1) is 5.84 Å². The monoisotopic (exact) mass is 265 g/mol. The highest BCUT2D eigenvalue weighted by atomic mass is 35.5. The van der Waals surface area contributed by atoms with Crippen LogP contribution in [0.4, 0.5) is 0 Å². The van der Waals surface area contributed by atoms with E-state index in [4.69, 9.17) is 22.7 Å². The lowest BCUT2D eigenvalue weighted by atomic mass is 9.96. The number of nitrogens with one attached hydrogen (secondary N) is 1. The molecule has 1 aliphatic rings. The van der Waals surface area contributed by atoms with Gasteiger partial charge < -0.3 is 10.6 Å². The van der Waals surface area contributed by atoms with E-state index in [0.29, 0.717) is 17.1 Å². The number of nitrogens with two attached hydrogens (primary N) is 1. The largest absolute Gasteiger partial charge is 0.387 e. The van der Waals surface area contributed by atoms with Crippen molar-refractivity contribution in [1.29, 1.82) is 5.41 Å². The fraction of sp³-hybridized carbons (Fsp3) is 0.385. The molecular weight excluding hydrogens is 250 g/mol. The first-order chi connectivity index (χ1) is 8.58. The van der Waals surface area contributed by atoms with Gasteiger partial charge in [-0.1, -0.05) is 11.6 Å². The van der Waals surface area contributed by atoms with Gasteiger partial charge in [0.2, 0.25) is 0 Å². The molecule has 5 heteroatoms. The van der Waals surface area contributed by atoms with Crippen LogP contribution in [0.2, 0.25) is 5.02 Å². The lowest BCUT2D eigenvalue weighted by molar-refractivity contribution is 0.0702. The average Bonchev–Trinajstić information content (AvgIpc) is 2.39. The average molecular weight is 266 g/mol. The number of benzene rings is 1. The van der Waals surface area contributed by atoms with Crippen molar-refractivity contribution in [2.45, 2.75) is 12.8 Å². The zero-order valence-electron chi connectivity index (χ0n) is 10.0. The molecule has 1 aliphatic heterocycles. The number of rotatable bonds is 2. The van der Waals surface area contributed by atoms with Crippen LogP contribution < -0.4 is 5.73 Å². The molecule has 1 aromatic rings. The molecule has 0 aliphatic carbocycles. The molecular formula is C13H16ClN3O. The Morgan fingerprint density at radius 2 is 2.06 bits per heavy atom. The molecule has 1 aromatic carbocycles. The van der Waals surface area contributed by atoms with E-state index in [2.05, 4.69) is 0 Å². The summed E-state index contributed by atoms with van der Waals surface area (Å²) in [6.45, 7) is 1.27. The van der Waals surface area contributed by atoms with Crippen molar-refractivity contribution < 1.29 is 4.79 Å². The van der Waals surface area contributed by atoms with Gasteiger partial charge in [-0.25, -0.2) is 0 Å². The summed E-state index contributed by atoms with van der Waals surface area (Å²) >= 11 is 5.80. The van der Waals surface area contributed by atoms with Crippen LogP contribution in [0, 0.1) is 11.3 Å². The molecule has 0 spiro atoms. The second-order valence-electron chi connectivity index (χ2n) is 4.55. The fourth-order valence-corrected chi connectivity index (χ4v) is 2.32. The van der Waals surface area contributed by atoms with Gasteiger partial charge >= 0.3 is 0 Å². The first-order valence-corrected chi connectivity index (χ1v) is 6.34. The minimum atomic E-state index is -0.0161. The number of carbonyl (C=O) groups is 1. The maximum absolute atomic E-state index is 12.3. The lowest BCUT2D eigenvalue weighted by Gasteiger charge is -2.32. The Bertz CT molecular complexity index is 458. The number of likely N-dealkylation sites (tertiary alicyclic amines) is 1. The molecule has 4 nitrogen and oxygen atoms in total. The van der Waals surface area contributed by atoms with Crippen molar-refractivity contribution in [2.75, 3.05) is 13.1 Å². The van der Waals surface area contributed by atoms with E-state index < -0.39 is 0 Å². The lowest BCUT2D eigenvalue weighted by Crippen LogP contribution is -2.43. The minimum absolute atomic E-state index is 0.00463. The Morgan fingerprint density at radius 3 is 2.67 bits per heavy atom. The summed E-state index contributed by atoms with van der Waals surface area (Å²) in [6.07, 6.45) is 1.78. The topological polar surface area (TPSA) is 70.2 Å². The number of amidine groups is 1. The summed E-state index contributed by atoms with van der Waals surface area (Å²) in [5.74, 6) is 0.149. The number of amides is 1. The summed E-state index contributed by atoms with van der Waals surface area (Å²) in [6, 6.07) is 6.87. The molecule has 2 rings (SSSR count). The van der Waals surface area contributed by atoms with Crippen molar-refractivity contribution in [1.82, 2.24) is 4.90 Å². The summed E-state index contributed by atoms with van der Waals surface area (Å²) in [7, 11) is 0. The Labute approximate surface area is 111 Å². The van der Waals surface area contributed by atoms with Crippen molar-refractivity contribution >= 4 is 23.3 Å². The van der Waals surface area contributed by atoms with E-state index in [1.54, 1.807) is 29.2 Å². The number of nitrogens with zero attached hydrogens (tertiary/aromatic N) is 1. The predicted molar refractivity (Wildman–Crippen MR) is 72.0 cm³/mol. The van der Waals surface area contributed by atoms with Gasteiger partial charge in [0.1, 0.15) is 0 Å². The molecule has 0 bridgehead atoms. The summed E-state index contributed by atoms with van der Waals surface area (Å²) < 4.78 is 0. The highest BCUT2D eigenvalue weighted by molar-refractivity contribution is 6.30. The molecule has 96 valence electrons. The van der Waals surface area contributed by atoms with E-state index in [0.717, 1.165) is 19.4 Å². The van der Waals surface area contributed by atoms with E-state index in [9.17, 15) is 4.79 Å². The van der Waals surface area contributed by atoms with Crippen LogP contribution in [0.5, 0.6) is 0 Å². The Morgan fingerprint density at radius 1 is 1.39 bits per heavy atom. The van der Waals surface area contributed by atoms with Crippen LogP contribution in [0.15, 0.2) is 24.3 Å². The van der Waals surface area contributed by atoms with Crippen LogP contribution >= 0.6 is 11.6 Å². The summed E-state index contributed by atoms with van der Waals surface area (Å²) in [5, 5.41) is 8.09. The molecule has 0 saturated carbocycles. The van der Waals surface area contributed by atoms with Gasteiger partial charge in [-0.3, -0.25) is 10.2 Å². The van der Waals surface area contributed by atoms with E-state index in [1.807, 2.05) is 0 Å². The second-order valence-corrected chi connectivity index (χ2v) is 4.99. The van der Waals surface area contributed by atoms with E-state index >= 15 is 0 Å². The number of halogens is 1. The Balaban J connectivity index is 2.09. The van der Waals surface area contributed by atoms with Gasteiger partial charge in [-0.2, -0.15) is 0 Å². The molecule has 1 amide bonds. The first kappa shape index (κ1) is 12.9.